The number of hydrogen-bond donors (Lipinski definition) is 0. The molecule has 0 N–H and O–H groups in total. The first-order chi connectivity index (χ1) is 12.1. The second-order valence-electron chi connectivity index (χ2n) is 6.39. The van der Waals surface area contributed by atoms with E-state index in [-0.39, 0.29) is 5.78 Å². The zero-order chi connectivity index (χ0) is 17.4. The number of ketones is 1. The minimum absolute atomic E-state index is 0.0530. The molecule has 122 valence electrons. The molecule has 0 bridgehead atoms. The van der Waals surface area contributed by atoms with Crippen LogP contribution in [0.25, 0.3) is 11.1 Å². The number of Topliss-reactive ketones (excluding diaryl/α,β-unsaturated/α-hetero) is 1. The minimum atomic E-state index is 0.0530. The van der Waals surface area contributed by atoms with Gasteiger partial charge >= 0.3 is 0 Å². The van der Waals surface area contributed by atoms with Crippen molar-refractivity contribution in [2.45, 2.75) is 13.3 Å². The quantitative estimate of drug-likeness (QED) is 0.533. The number of halogens is 1. The lowest BCUT2D eigenvalue weighted by Gasteiger charge is -2.09. The van der Waals surface area contributed by atoms with Crippen LogP contribution in [0.2, 0.25) is 5.02 Å². The van der Waals surface area contributed by atoms with E-state index in [4.69, 9.17) is 11.6 Å². The van der Waals surface area contributed by atoms with Crippen LogP contribution in [0.5, 0.6) is 0 Å². The Hall–Kier alpha value is -2.64. The van der Waals surface area contributed by atoms with Crippen molar-refractivity contribution < 1.29 is 4.79 Å². The highest BCUT2D eigenvalue weighted by Crippen LogP contribution is 2.40. The van der Waals surface area contributed by atoms with Crippen molar-refractivity contribution in [1.82, 2.24) is 0 Å². The van der Waals surface area contributed by atoms with Crippen LogP contribution in [-0.4, -0.2) is 5.78 Å². The monoisotopic (exact) mass is 344 g/mol. The summed E-state index contributed by atoms with van der Waals surface area (Å²) in [5.74, 6) is 0.0530. The molecular weight excluding hydrogens is 328 g/mol. The molecule has 25 heavy (non-hydrogen) atoms. The first kappa shape index (κ1) is 15.9. The van der Waals surface area contributed by atoms with Crippen LogP contribution in [0.3, 0.4) is 0 Å². The molecule has 0 amide bonds. The van der Waals surface area contributed by atoms with E-state index in [1.165, 1.54) is 11.1 Å². The number of carbonyl (C=O) groups excluding carboxylic acids is 1. The SMILES string of the molecule is Cc1ccc(C2=C(C(=O)c3ccc(Cl)cc3)c3ccccc3C2)cc1. The van der Waals surface area contributed by atoms with Crippen LogP contribution in [0.15, 0.2) is 72.8 Å². The lowest BCUT2D eigenvalue weighted by atomic mass is 9.93. The van der Waals surface area contributed by atoms with Gasteiger partial charge < -0.3 is 0 Å². The van der Waals surface area contributed by atoms with Gasteiger partial charge in [0.25, 0.3) is 0 Å². The molecule has 4 rings (SSSR count). The van der Waals surface area contributed by atoms with Gasteiger partial charge in [-0.05, 0) is 59.9 Å². The fourth-order valence-corrected chi connectivity index (χ4v) is 3.49. The van der Waals surface area contributed by atoms with E-state index < -0.39 is 0 Å². The summed E-state index contributed by atoms with van der Waals surface area (Å²) in [6.07, 6.45) is 0.786. The number of rotatable bonds is 3. The van der Waals surface area contributed by atoms with Gasteiger partial charge in [0.1, 0.15) is 0 Å². The number of aryl methyl sites for hydroxylation is 1. The molecule has 3 aromatic rings. The average molecular weight is 345 g/mol. The predicted octanol–water partition coefficient (Wildman–Crippen LogP) is 6.00. The van der Waals surface area contributed by atoms with Crippen molar-refractivity contribution in [2.75, 3.05) is 0 Å². The fourth-order valence-electron chi connectivity index (χ4n) is 3.37. The standard InChI is InChI=1S/C23H17ClO/c1-15-6-8-16(9-7-15)21-14-18-4-2-3-5-20(18)22(21)23(25)17-10-12-19(24)13-11-17/h2-13H,14H2,1H3. The Morgan fingerprint density at radius 2 is 1.56 bits per heavy atom. The third-order valence-corrected chi connectivity index (χ3v) is 4.94. The number of benzene rings is 3. The summed E-state index contributed by atoms with van der Waals surface area (Å²) in [6, 6.07) is 23.7. The van der Waals surface area contributed by atoms with E-state index in [9.17, 15) is 4.79 Å². The van der Waals surface area contributed by atoms with E-state index >= 15 is 0 Å². The fraction of sp³-hybridized carbons (Fsp3) is 0.0870. The van der Waals surface area contributed by atoms with Gasteiger partial charge in [-0.15, -0.1) is 0 Å². The molecule has 0 aromatic heterocycles. The summed E-state index contributed by atoms with van der Waals surface area (Å²) in [4.78, 5) is 13.3. The molecule has 0 fully saturated rings. The largest absolute Gasteiger partial charge is 0.289 e. The van der Waals surface area contributed by atoms with Crippen LogP contribution in [0.4, 0.5) is 0 Å². The van der Waals surface area contributed by atoms with Crippen molar-refractivity contribution >= 4 is 28.5 Å². The molecule has 0 radical (unpaired) electrons. The Bertz CT molecular complexity index is 979. The topological polar surface area (TPSA) is 17.1 Å². The maximum absolute atomic E-state index is 13.3. The van der Waals surface area contributed by atoms with Crippen LogP contribution < -0.4 is 0 Å². The molecule has 1 aliphatic carbocycles. The maximum atomic E-state index is 13.3. The van der Waals surface area contributed by atoms with Gasteiger partial charge in [0.2, 0.25) is 0 Å². The summed E-state index contributed by atoms with van der Waals surface area (Å²) in [5.41, 5.74) is 7.14. The molecule has 0 heterocycles. The Morgan fingerprint density at radius 1 is 0.880 bits per heavy atom. The number of allylic oxidation sites excluding steroid dienone is 2. The van der Waals surface area contributed by atoms with E-state index in [1.54, 1.807) is 24.3 Å². The minimum Gasteiger partial charge on any atom is -0.289 e. The maximum Gasteiger partial charge on any atom is 0.193 e. The molecule has 0 spiro atoms. The highest BCUT2D eigenvalue weighted by atomic mass is 35.5. The molecule has 0 unspecified atom stereocenters. The highest BCUT2D eigenvalue weighted by Gasteiger charge is 2.27. The van der Waals surface area contributed by atoms with E-state index in [0.717, 1.165) is 28.7 Å². The summed E-state index contributed by atoms with van der Waals surface area (Å²) in [5, 5.41) is 0.635. The molecule has 1 aliphatic rings. The number of hydrogen-bond acceptors (Lipinski definition) is 1. The van der Waals surface area contributed by atoms with Gasteiger partial charge in [0, 0.05) is 16.2 Å². The first-order valence-electron chi connectivity index (χ1n) is 8.32. The molecule has 0 atom stereocenters. The second-order valence-corrected chi connectivity index (χ2v) is 6.83. The van der Waals surface area contributed by atoms with Crippen molar-refractivity contribution in [3.63, 3.8) is 0 Å². The molecule has 0 aliphatic heterocycles. The van der Waals surface area contributed by atoms with Crippen LogP contribution in [-0.2, 0) is 6.42 Å². The van der Waals surface area contributed by atoms with Gasteiger partial charge in [-0.1, -0.05) is 65.7 Å². The molecule has 1 nitrogen and oxygen atoms in total. The van der Waals surface area contributed by atoms with Crippen molar-refractivity contribution in [3.05, 3.63) is 106 Å². The summed E-state index contributed by atoms with van der Waals surface area (Å²) < 4.78 is 0. The Morgan fingerprint density at radius 3 is 2.28 bits per heavy atom. The predicted molar refractivity (Wildman–Crippen MR) is 104 cm³/mol. The molecule has 2 heteroatoms. The summed E-state index contributed by atoms with van der Waals surface area (Å²) in [6.45, 7) is 2.07. The molecule has 0 saturated heterocycles. The Kier molecular flexibility index (Phi) is 4.03. The van der Waals surface area contributed by atoms with Crippen LogP contribution in [0, 0.1) is 6.92 Å². The lowest BCUT2D eigenvalue weighted by Crippen LogP contribution is -2.03. The summed E-state index contributed by atoms with van der Waals surface area (Å²) >= 11 is 5.97. The number of carbonyl (C=O) groups is 1. The van der Waals surface area contributed by atoms with Gasteiger partial charge in [0.05, 0.1) is 0 Å². The third kappa shape index (κ3) is 2.92. The molecular formula is C23H17ClO. The van der Waals surface area contributed by atoms with Crippen molar-refractivity contribution in [1.29, 1.82) is 0 Å². The van der Waals surface area contributed by atoms with E-state index in [0.29, 0.717) is 10.6 Å². The third-order valence-electron chi connectivity index (χ3n) is 4.69. The molecule has 3 aromatic carbocycles. The van der Waals surface area contributed by atoms with Gasteiger partial charge in [-0.25, -0.2) is 0 Å². The van der Waals surface area contributed by atoms with E-state index in [2.05, 4.69) is 37.3 Å². The Labute approximate surface area is 152 Å². The molecule has 0 saturated carbocycles. The highest BCUT2D eigenvalue weighted by molar-refractivity contribution is 6.36. The zero-order valence-corrected chi connectivity index (χ0v) is 14.7. The zero-order valence-electron chi connectivity index (χ0n) is 13.9. The van der Waals surface area contributed by atoms with Crippen LogP contribution >= 0.6 is 11.6 Å². The smallest absolute Gasteiger partial charge is 0.193 e. The van der Waals surface area contributed by atoms with Gasteiger partial charge in [0.15, 0.2) is 5.78 Å². The van der Waals surface area contributed by atoms with Crippen molar-refractivity contribution in [3.8, 4) is 0 Å². The number of fused-ring (bicyclic) bond motifs is 1. The van der Waals surface area contributed by atoms with Crippen molar-refractivity contribution in [2.24, 2.45) is 0 Å². The normalized spacial score (nSPS) is 13.0. The first-order valence-corrected chi connectivity index (χ1v) is 8.70. The summed E-state index contributed by atoms with van der Waals surface area (Å²) in [7, 11) is 0. The lowest BCUT2D eigenvalue weighted by molar-refractivity contribution is 0.105. The van der Waals surface area contributed by atoms with Gasteiger partial charge in [-0.3, -0.25) is 4.79 Å². The van der Waals surface area contributed by atoms with E-state index in [1.807, 2.05) is 18.2 Å². The van der Waals surface area contributed by atoms with Crippen LogP contribution in [0.1, 0.15) is 32.6 Å². The Balaban J connectivity index is 1.88. The van der Waals surface area contributed by atoms with Gasteiger partial charge in [-0.2, -0.15) is 0 Å². The average Bonchev–Trinajstić information content (AvgIpc) is 3.02. The second kappa shape index (κ2) is 6.34.